The summed E-state index contributed by atoms with van der Waals surface area (Å²) in [5.74, 6) is 1.00. The van der Waals surface area contributed by atoms with E-state index in [1.807, 2.05) is 0 Å². The normalized spacial score (nSPS) is 20.7. The van der Waals surface area contributed by atoms with Crippen LogP contribution in [0.15, 0.2) is 24.3 Å². The predicted octanol–water partition coefficient (Wildman–Crippen LogP) is 3.41. The average Bonchev–Trinajstić information content (AvgIpc) is 2.31. The van der Waals surface area contributed by atoms with E-state index in [0.29, 0.717) is 11.5 Å². The maximum atomic E-state index is 5.98. The third-order valence-corrected chi connectivity index (χ3v) is 3.21. The second-order valence-electron chi connectivity index (χ2n) is 6.47. The van der Waals surface area contributed by atoms with Gasteiger partial charge in [-0.3, -0.25) is 0 Å². The van der Waals surface area contributed by atoms with Crippen LogP contribution in [0.3, 0.4) is 0 Å². The quantitative estimate of drug-likeness (QED) is 0.884. The van der Waals surface area contributed by atoms with E-state index in [4.69, 9.17) is 4.74 Å². The minimum absolute atomic E-state index is 0.340. The Morgan fingerprint density at radius 1 is 1.22 bits per heavy atom. The smallest absolute Gasteiger partial charge is 0.119 e. The number of benzene rings is 1. The van der Waals surface area contributed by atoms with Crippen LogP contribution in [0.25, 0.3) is 0 Å². The van der Waals surface area contributed by atoms with Gasteiger partial charge in [-0.2, -0.15) is 0 Å². The predicted molar refractivity (Wildman–Crippen MR) is 76.1 cm³/mol. The summed E-state index contributed by atoms with van der Waals surface area (Å²) < 4.78 is 5.98. The van der Waals surface area contributed by atoms with E-state index in [0.717, 1.165) is 31.7 Å². The van der Waals surface area contributed by atoms with Crippen molar-refractivity contribution in [2.45, 2.75) is 46.1 Å². The highest BCUT2D eigenvalue weighted by Gasteiger charge is 2.15. The summed E-state index contributed by atoms with van der Waals surface area (Å²) >= 11 is 0. The van der Waals surface area contributed by atoms with Gasteiger partial charge in [0.15, 0.2) is 0 Å². The third kappa shape index (κ3) is 4.34. The van der Waals surface area contributed by atoms with E-state index in [2.05, 4.69) is 50.4 Å². The Labute approximate surface area is 111 Å². The Morgan fingerprint density at radius 2 is 1.94 bits per heavy atom. The third-order valence-electron chi connectivity index (χ3n) is 3.21. The molecule has 2 heteroatoms. The number of rotatable bonds is 3. The van der Waals surface area contributed by atoms with Crippen LogP contribution >= 0.6 is 0 Å². The van der Waals surface area contributed by atoms with Crippen molar-refractivity contribution >= 4 is 0 Å². The van der Waals surface area contributed by atoms with E-state index < -0.39 is 0 Å². The molecule has 1 aromatic carbocycles. The lowest BCUT2D eigenvalue weighted by Crippen LogP contribution is -2.37. The fourth-order valence-electron chi connectivity index (χ4n) is 2.41. The van der Waals surface area contributed by atoms with Crippen molar-refractivity contribution in [2.75, 3.05) is 13.1 Å². The minimum atomic E-state index is 0.340. The van der Waals surface area contributed by atoms with Gasteiger partial charge in [0.25, 0.3) is 0 Å². The molecule has 1 saturated heterocycles. The summed E-state index contributed by atoms with van der Waals surface area (Å²) in [4.78, 5) is 0. The van der Waals surface area contributed by atoms with E-state index >= 15 is 0 Å². The summed E-state index contributed by atoms with van der Waals surface area (Å²) in [5, 5.41) is 3.37. The lowest BCUT2D eigenvalue weighted by atomic mass is 9.88. The molecular weight excluding hydrogens is 222 g/mol. The highest BCUT2D eigenvalue weighted by molar-refractivity contribution is 5.28. The van der Waals surface area contributed by atoms with Crippen molar-refractivity contribution in [3.05, 3.63) is 29.8 Å². The van der Waals surface area contributed by atoms with Gasteiger partial charge in [0.05, 0.1) is 0 Å². The SMILES string of the molecule is CC(C)(C)Cc1ccc(OC2CCCNC2)cc1. The Morgan fingerprint density at radius 3 is 2.50 bits per heavy atom. The van der Waals surface area contributed by atoms with E-state index in [1.54, 1.807) is 0 Å². The molecule has 0 spiro atoms. The zero-order valence-corrected chi connectivity index (χ0v) is 11.8. The van der Waals surface area contributed by atoms with E-state index in [9.17, 15) is 0 Å². The maximum absolute atomic E-state index is 5.98. The Kier molecular flexibility index (Phi) is 4.28. The molecule has 1 unspecified atom stereocenters. The number of hydrogen-bond acceptors (Lipinski definition) is 2. The summed E-state index contributed by atoms with van der Waals surface area (Å²) in [7, 11) is 0. The van der Waals surface area contributed by atoms with Crippen molar-refractivity contribution < 1.29 is 4.74 Å². The monoisotopic (exact) mass is 247 g/mol. The Bertz CT molecular complexity index is 358. The summed E-state index contributed by atoms with van der Waals surface area (Å²) in [6, 6.07) is 8.60. The van der Waals surface area contributed by atoms with E-state index in [1.165, 1.54) is 12.0 Å². The summed E-state index contributed by atoms with van der Waals surface area (Å²) in [6.07, 6.45) is 3.83. The van der Waals surface area contributed by atoms with Crippen LogP contribution in [0.5, 0.6) is 5.75 Å². The van der Waals surface area contributed by atoms with Gasteiger partial charge in [0, 0.05) is 6.54 Å². The van der Waals surface area contributed by atoms with Gasteiger partial charge >= 0.3 is 0 Å². The van der Waals surface area contributed by atoms with Gasteiger partial charge in [-0.15, -0.1) is 0 Å². The average molecular weight is 247 g/mol. The van der Waals surface area contributed by atoms with Crippen LogP contribution in [0, 0.1) is 5.41 Å². The molecule has 2 rings (SSSR count). The molecule has 1 aromatic rings. The van der Waals surface area contributed by atoms with Gasteiger partial charge in [0.1, 0.15) is 11.9 Å². The van der Waals surface area contributed by atoms with Crippen LogP contribution in [0.4, 0.5) is 0 Å². The lowest BCUT2D eigenvalue weighted by molar-refractivity contribution is 0.167. The standard InChI is InChI=1S/C16H25NO/c1-16(2,3)11-13-6-8-14(9-7-13)18-15-5-4-10-17-12-15/h6-9,15,17H,4-5,10-12H2,1-3H3. The molecule has 100 valence electrons. The fourth-order valence-corrected chi connectivity index (χ4v) is 2.41. The van der Waals surface area contributed by atoms with Gasteiger partial charge in [-0.1, -0.05) is 32.9 Å². The van der Waals surface area contributed by atoms with Crippen molar-refractivity contribution in [3.8, 4) is 5.75 Å². The van der Waals surface area contributed by atoms with Crippen molar-refractivity contribution in [1.82, 2.24) is 5.32 Å². The molecule has 1 fully saturated rings. The first-order valence-electron chi connectivity index (χ1n) is 6.99. The molecule has 0 amide bonds. The summed E-state index contributed by atoms with van der Waals surface area (Å²) in [6.45, 7) is 8.91. The number of piperidine rings is 1. The summed E-state index contributed by atoms with van der Waals surface area (Å²) in [5.41, 5.74) is 1.73. The molecular formula is C16H25NO. The van der Waals surface area contributed by atoms with Gasteiger partial charge in [0.2, 0.25) is 0 Å². The molecule has 18 heavy (non-hydrogen) atoms. The van der Waals surface area contributed by atoms with Gasteiger partial charge < -0.3 is 10.1 Å². The first-order valence-corrected chi connectivity index (χ1v) is 6.99. The molecule has 2 nitrogen and oxygen atoms in total. The number of hydrogen-bond donors (Lipinski definition) is 1. The highest BCUT2D eigenvalue weighted by Crippen LogP contribution is 2.23. The first kappa shape index (κ1) is 13.4. The van der Waals surface area contributed by atoms with Crippen molar-refractivity contribution in [1.29, 1.82) is 0 Å². The Balaban J connectivity index is 1.90. The molecule has 1 aliphatic heterocycles. The number of ether oxygens (including phenoxy) is 1. The van der Waals surface area contributed by atoms with Gasteiger partial charge in [-0.25, -0.2) is 0 Å². The van der Waals surface area contributed by atoms with Crippen molar-refractivity contribution in [3.63, 3.8) is 0 Å². The van der Waals surface area contributed by atoms with Crippen LogP contribution in [-0.4, -0.2) is 19.2 Å². The second-order valence-corrected chi connectivity index (χ2v) is 6.47. The molecule has 1 aliphatic rings. The molecule has 1 heterocycles. The molecule has 0 aliphatic carbocycles. The molecule has 0 bridgehead atoms. The zero-order valence-electron chi connectivity index (χ0n) is 11.8. The zero-order chi connectivity index (χ0) is 13.0. The molecule has 0 radical (unpaired) electrons. The molecule has 0 aromatic heterocycles. The fraction of sp³-hybridized carbons (Fsp3) is 0.625. The topological polar surface area (TPSA) is 21.3 Å². The van der Waals surface area contributed by atoms with E-state index in [-0.39, 0.29) is 0 Å². The molecule has 0 saturated carbocycles. The first-order chi connectivity index (χ1) is 8.53. The number of nitrogens with one attached hydrogen (secondary N) is 1. The lowest BCUT2D eigenvalue weighted by Gasteiger charge is -2.24. The largest absolute Gasteiger partial charge is 0.489 e. The van der Waals surface area contributed by atoms with Crippen LogP contribution < -0.4 is 10.1 Å². The molecule has 1 atom stereocenters. The maximum Gasteiger partial charge on any atom is 0.119 e. The minimum Gasteiger partial charge on any atom is -0.489 e. The van der Waals surface area contributed by atoms with Crippen molar-refractivity contribution in [2.24, 2.45) is 5.41 Å². The van der Waals surface area contributed by atoms with Crippen LogP contribution in [-0.2, 0) is 6.42 Å². The Hall–Kier alpha value is -1.02. The second kappa shape index (κ2) is 5.75. The van der Waals surface area contributed by atoms with Gasteiger partial charge in [-0.05, 0) is 48.9 Å². The van der Waals surface area contributed by atoms with Crippen LogP contribution in [0.1, 0.15) is 39.2 Å². The van der Waals surface area contributed by atoms with Crippen LogP contribution in [0.2, 0.25) is 0 Å². The molecule has 1 N–H and O–H groups in total. The highest BCUT2D eigenvalue weighted by atomic mass is 16.5.